The zero-order valence-electron chi connectivity index (χ0n) is 31.3. The minimum Gasteiger partial charge on any atom is -0.454 e. The molecular weight excluding hydrogens is 725 g/mol. The molecule has 0 aliphatic heterocycles. The fourth-order valence-corrected chi connectivity index (χ4v) is 10.4. The predicted molar refractivity (Wildman–Crippen MR) is 247 cm³/mol. The molecule has 0 unspecified atom stereocenters. The number of aromatic nitrogens is 1. The molecule has 0 atom stereocenters. The molecule has 0 aliphatic rings. The summed E-state index contributed by atoms with van der Waals surface area (Å²) >= 11 is 1.87. The number of anilines is 3. The molecule has 3 nitrogen and oxygen atoms in total. The van der Waals surface area contributed by atoms with Crippen molar-refractivity contribution in [3.63, 3.8) is 0 Å². The van der Waals surface area contributed by atoms with E-state index in [1.165, 1.54) is 58.7 Å². The van der Waals surface area contributed by atoms with Crippen LogP contribution in [0.5, 0.6) is 0 Å². The number of hydrogen-bond acceptors (Lipinski definition) is 3. The van der Waals surface area contributed by atoms with Gasteiger partial charge in [0.15, 0.2) is 5.58 Å². The van der Waals surface area contributed by atoms with Crippen LogP contribution in [-0.4, -0.2) is 4.57 Å². The molecular formula is C54H34N2OS. The molecule has 9 aromatic carbocycles. The molecule has 3 heterocycles. The lowest BCUT2D eigenvalue weighted by Gasteiger charge is -2.26. The van der Waals surface area contributed by atoms with Crippen LogP contribution < -0.4 is 4.90 Å². The van der Waals surface area contributed by atoms with E-state index in [-0.39, 0.29) is 0 Å². The highest BCUT2D eigenvalue weighted by Gasteiger charge is 2.24. The van der Waals surface area contributed by atoms with E-state index in [4.69, 9.17) is 4.42 Å². The van der Waals surface area contributed by atoms with Crippen LogP contribution in [-0.2, 0) is 0 Å². The minimum absolute atomic E-state index is 0.864. The Balaban J connectivity index is 1.14. The molecule has 0 bridgehead atoms. The number of para-hydroxylation sites is 5. The second-order valence-corrected chi connectivity index (χ2v) is 15.9. The number of furan rings is 1. The average Bonchev–Trinajstić information content (AvgIpc) is 3.98. The van der Waals surface area contributed by atoms with Crippen molar-refractivity contribution < 1.29 is 4.42 Å². The standard InChI is InChI=1S/C54H34N2OS/c1-3-16-35(17-4-1)40-25-13-28-45-46-29-15-32-49(54(46)58-53(40)45)55(48-31-14-27-44-42-23-8-10-33-50(42)57-52(44)48)38-21-11-18-36(34-38)39-24-12-26-43-41-22-7-9-30-47(41)56(51(39)43)37-19-5-2-6-20-37/h1-34H. The second-order valence-electron chi connectivity index (χ2n) is 14.8. The van der Waals surface area contributed by atoms with Crippen molar-refractivity contribution in [1.82, 2.24) is 4.57 Å². The van der Waals surface area contributed by atoms with Gasteiger partial charge in [-0.05, 0) is 65.2 Å². The summed E-state index contributed by atoms with van der Waals surface area (Å²) in [5, 5.41) is 7.19. The molecule has 0 N–H and O–H groups in total. The van der Waals surface area contributed by atoms with Crippen LogP contribution in [0.1, 0.15) is 0 Å². The maximum absolute atomic E-state index is 6.78. The number of benzene rings is 9. The maximum Gasteiger partial charge on any atom is 0.159 e. The Labute approximate surface area is 338 Å². The topological polar surface area (TPSA) is 21.3 Å². The molecule has 12 rings (SSSR count). The Morgan fingerprint density at radius 2 is 1.02 bits per heavy atom. The first-order valence-electron chi connectivity index (χ1n) is 19.7. The average molecular weight is 759 g/mol. The molecule has 12 aromatic rings. The number of fused-ring (bicyclic) bond motifs is 9. The van der Waals surface area contributed by atoms with E-state index in [0.717, 1.165) is 50.3 Å². The highest BCUT2D eigenvalue weighted by atomic mass is 32.1. The van der Waals surface area contributed by atoms with Crippen molar-refractivity contribution in [3.8, 4) is 27.9 Å². The molecule has 58 heavy (non-hydrogen) atoms. The Morgan fingerprint density at radius 3 is 1.86 bits per heavy atom. The first kappa shape index (κ1) is 32.8. The van der Waals surface area contributed by atoms with E-state index < -0.39 is 0 Å². The molecule has 0 spiro atoms. The SMILES string of the molecule is c1ccc(-c2cccc3c2sc2c(N(c4cccc(-c5cccc6c7ccccc7n(-c7ccccc7)c56)c4)c4cccc5c4oc4ccccc45)cccc23)cc1. The highest BCUT2D eigenvalue weighted by Crippen LogP contribution is 2.50. The summed E-state index contributed by atoms with van der Waals surface area (Å²) < 4.78 is 11.7. The van der Waals surface area contributed by atoms with E-state index in [9.17, 15) is 0 Å². The molecule has 0 aliphatic carbocycles. The van der Waals surface area contributed by atoms with Crippen LogP contribution in [0.25, 0.3) is 91.9 Å². The van der Waals surface area contributed by atoms with Gasteiger partial charge >= 0.3 is 0 Å². The van der Waals surface area contributed by atoms with Gasteiger partial charge in [0.1, 0.15) is 5.58 Å². The number of hydrogen-bond donors (Lipinski definition) is 0. The quantitative estimate of drug-likeness (QED) is 0.168. The van der Waals surface area contributed by atoms with Crippen LogP contribution in [0.15, 0.2) is 211 Å². The summed E-state index contributed by atoms with van der Waals surface area (Å²) in [5.74, 6) is 0. The lowest BCUT2D eigenvalue weighted by Crippen LogP contribution is -2.10. The van der Waals surface area contributed by atoms with Gasteiger partial charge < -0.3 is 13.9 Å². The number of thiophene rings is 1. The van der Waals surface area contributed by atoms with Gasteiger partial charge in [-0.1, -0.05) is 158 Å². The molecule has 0 saturated carbocycles. The molecule has 272 valence electrons. The number of rotatable bonds is 6. The Kier molecular flexibility index (Phi) is 7.40. The molecule has 4 heteroatoms. The third-order valence-electron chi connectivity index (χ3n) is 11.6. The fraction of sp³-hybridized carbons (Fsp3) is 0. The van der Waals surface area contributed by atoms with Crippen molar-refractivity contribution in [2.45, 2.75) is 0 Å². The zero-order valence-corrected chi connectivity index (χ0v) is 32.2. The summed E-state index contributed by atoms with van der Waals surface area (Å²) in [6, 6.07) is 74.3. The van der Waals surface area contributed by atoms with Gasteiger partial charge in [0.25, 0.3) is 0 Å². The third kappa shape index (κ3) is 4.99. The normalized spacial score (nSPS) is 11.8. The van der Waals surface area contributed by atoms with Crippen molar-refractivity contribution >= 4 is 92.3 Å². The van der Waals surface area contributed by atoms with Gasteiger partial charge in [-0.2, -0.15) is 0 Å². The summed E-state index contributed by atoms with van der Waals surface area (Å²) in [6.07, 6.45) is 0. The van der Waals surface area contributed by atoms with Gasteiger partial charge in [-0.3, -0.25) is 0 Å². The fourth-order valence-electron chi connectivity index (χ4n) is 9.05. The van der Waals surface area contributed by atoms with Crippen molar-refractivity contribution in [2.75, 3.05) is 4.90 Å². The summed E-state index contributed by atoms with van der Waals surface area (Å²) in [5.41, 5.74) is 13.2. The smallest absolute Gasteiger partial charge is 0.159 e. The molecule has 0 amide bonds. The van der Waals surface area contributed by atoms with E-state index in [1.807, 2.05) is 17.4 Å². The van der Waals surface area contributed by atoms with Crippen LogP contribution in [0.2, 0.25) is 0 Å². The van der Waals surface area contributed by atoms with E-state index in [1.54, 1.807) is 0 Å². The van der Waals surface area contributed by atoms with E-state index in [2.05, 4.69) is 210 Å². The van der Waals surface area contributed by atoms with Crippen molar-refractivity contribution in [2.24, 2.45) is 0 Å². The Morgan fingerprint density at radius 1 is 0.414 bits per heavy atom. The van der Waals surface area contributed by atoms with Gasteiger partial charge in [0, 0.05) is 54.0 Å². The summed E-state index contributed by atoms with van der Waals surface area (Å²) in [6.45, 7) is 0. The van der Waals surface area contributed by atoms with Crippen LogP contribution in [0.3, 0.4) is 0 Å². The predicted octanol–water partition coefficient (Wildman–Crippen LogP) is 15.9. The van der Waals surface area contributed by atoms with Gasteiger partial charge in [-0.25, -0.2) is 0 Å². The molecule has 0 radical (unpaired) electrons. The Hall–Kier alpha value is -7.40. The second kappa shape index (κ2) is 13.1. The lowest BCUT2D eigenvalue weighted by molar-refractivity contribution is 0.669. The molecule has 0 saturated heterocycles. The zero-order chi connectivity index (χ0) is 38.2. The Bertz CT molecular complexity index is 3520. The molecule has 0 fully saturated rings. The van der Waals surface area contributed by atoms with Gasteiger partial charge in [-0.15, -0.1) is 11.3 Å². The van der Waals surface area contributed by atoms with Crippen LogP contribution >= 0.6 is 11.3 Å². The van der Waals surface area contributed by atoms with Crippen LogP contribution in [0.4, 0.5) is 17.1 Å². The van der Waals surface area contributed by atoms with E-state index >= 15 is 0 Å². The van der Waals surface area contributed by atoms with Crippen molar-refractivity contribution in [3.05, 3.63) is 206 Å². The van der Waals surface area contributed by atoms with Gasteiger partial charge in [0.2, 0.25) is 0 Å². The summed E-state index contributed by atoms with van der Waals surface area (Å²) in [7, 11) is 0. The highest BCUT2D eigenvalue weighted by molar-refractivity contribution is 7.27. The first-order chi connectivity index (χ1) is 28.8. The molecule has 3 aromatic heterocycles. The van der Waals surface area contributed by atoms with Crippen molar-refractivity contribution in [1.29, 1.82) is 0 Å². The van der Waals surface area contributed by atoms with E-state index in [0.29, 0.717) is 0 Å². The summed E-state index contributed by atoms with van der Waals surface area (Å²) in [4.78, 5) is 2.42. The number of nitrogens with zero attached hydrogens (tertiary/aromatic N) is 2. The largest absolute Gasteiger partial charge is 0.454 e. The third-order valence-corrected chi connectivity index (χ3v) is 12.9. The van der Waals surface area contributed by atoms with Gasteiger partial charge in [0.05, 0.1) is 27.1 Å². The monoisotopic (exact) mass is 758 g/mol. The lowest BCUT2D eigenvalue weighted by atomic mass is 10.0. The maximum atomic E-state index is 6.78. The minimum atomic E-state index is 0.864. The first-order valence-corrected chi connectivity index (χ1v) is 20.5. The van der Waals surface area contributed by atoms with Crippen LogP contribution in [0, 0.1) is 0 Å².